The summed E-state index contributed by atoms with van der Waals surface area (Å²) in [6.45, 7) is 4.54. The van der Waals surface area contributed by atoms with Crippen LogP contribution in [0.4, 0.5) is 0 Å². The monoisotopic (exact) mass is 313 g/mol. The largest absolute Gasteiger partial charge is 0.496 e. The number of hydrogen-bond acceptors (Lipinski definition) is 2. The fourth-order valence-corrected chi connectivity index (χ4v) is 2.79. The van der Waals surface area contributed by atoms with Gasteiger partial charge in [-0.15, -0.1) is 0 Å². The minimum Gasteiger partial charge on any atom is -0.496 e. The van der Waals surface area contributed by atoms with Crippen LogP contribution < -0.4 is 10.1 Å². The van der Waals surface area contributed by atoms with Crippen molar-refractivity contribution in [3.63, 3.8) is 0 Å². The summed E-state index contributed by atoms with van der Waals surface area (Å²) in [4.78, 5) is 0. The SMILES string of the molecule is CNC(CCCc1ccc(OC)c(Br)c1)C(C)C. The van der Waals surface area contributed by atoms with Gasteiger partial charge in [0.15, 0.2) is 0 Å². The highest BCUT2D eigenvalue weighted by Crippen LogP contribution is 2.26. The van der Waals surface area contributed by atoms with E-state index in [-0.39, 0.29) is 0 Å². The van der Waals surface area contributed by atoms with Crippen molar-refractivity contribution in [1.29, 1.82) is 0 Å². The van der Waals surface area contributed by atoms with Crippen LogP contribution in [-0.2, 0) is 6.42 Å². The van der Waals surface area contributed by atoms with E-state index in [1.165, 1.54) is 18.4 Å². The van der Waals surface area contributed by atoms with Crippen molar-refractivity contribution in [2.24, 2.45) is 5.92 Å². The lowest BCUT2D eigenvalue weighted by atomic mass is 9.97. The van der Waals surface area contributed by atoms with E-state index < -0.39 is 0 Å². The molecule has 1 aromatic rings. The van der Waals surface area contributed by atoms with Crippen LogP contribution in [-0.4, -0.2) is 20.2 Å². The van der Waals surface area contributed by atoms with E-state index in [2.05, 4.69) is 54.3 Å². The Labute approximate surface area is 119 Å². The number of halogens is 1. The summed E-state index contributed by atoms with van der Waals surface area (Å²) in [5.41, 5.74) is 1.36. The molecule has 0 radical (unpaired) electrons. The van der Waals surface area contributed by atoms with E-state index in [1.807, 2.05) is 6.07 Å². The molecule has 0 aliphatic carbocycles. The Kier molecular flexibility index (Phi) is 6.72. The third-order valence-electron chi connectivity index (χ3n) is 3.37. The third kappa shape index (κ3) is 4.62. The van der Waals surface area contributed by atoms with Gasteiger partial charge < -0.3 is 10.1 Å². The predicted molar refractivity (Wildman–Crippen MR) is 81.3 cm³/mol. The summed E-state index contributed by atoms with van der Waals surface area (Å²) in [7, 11) is 3.74. The third-order valence-corrected chi connectivity index (χ3v) is 3.99. The number of benzene rings is 1. The molecule has 0 spiro atoms. The van der Waals surface area contributed by atoms with Crippen LogP contribution in [0.2, 0.25) is 0 Å². The average molecular weight is 314 g/mol. The van der Waals surface area contributed by atoms with E-state index in [0.717, 1.165) is 16.6 Å². The minimum absolute atomic E-state index is 0.617. The quantitative estimate of drug-likeness (QED) is 0.820. The lowest BCUT2D eigenvalue weighted by Crippen LogP contribution is -2.30. The molecular weight excluding hydrogens is 290 g/mol. The molecule has 1 rings (SSSR count). The zero-order chi connectivity index (χ0) is 13.5. The van der Waals surface area contributed by atoms with E-state index in [1.54, 1.807) is 7.11 Å². The molecule has 0 amide bonds. The zero-order valence-corrected chi connectivity index (χ0v) is 13.4. The van der Waals surface area contributed by atoms with Gasteiger partial charge in [-0.3, -0.25) is 0 Å². The molecule has 3 heteroatoms. The summed E-state index contributed by atoms with van der Waals surface area (Å²) in [5, 5.41) is 3.39. The van der Waals surface area contributed by atoms with Gasteiger partial charge in [0.1, 0.15) is 5.75 Å². The first-order chi connectivity index (χ1) is 8.58. The maximum Gasteiger partial charge on any atom is 0.133 e. The highest BCUT2D eigenvalue weighted by Gasteiger charge is 2.10. The van der Waals surface area contributed by atoms with E-state index in [0.29, 0.717) is 12.0 Å². The van der Waals surface area contributed by atoms with Crippen LogP contribution in [0.5, 0.6) is 5.75 Å². The van der Waals surface area contributed by atoms with Crippen molar-refractivity contribution >= 4 is 15.9 Å². The number of hydrogen-bond donors (Lipinski definition) is 1. The summed E-state index contributed by atoms with van der Waals surface area (Å²) in [6.07, 6.45) is 3.55. The van der Waals surface area contributed by atoms with Crippen molar-refractivity contribution < 1.29 is 4.74 Å². The maximum atomic E-state index is 5.23. The molecule has 0 bridgehead atoms. The molecule has 0 saturated carbocycles. The topological polar surface area (TPSA) is 21.3 Å². The standard InChI is InChI=1S/C15H24BrNO/c1-11(2)14(17-3)7-5-6-12-8-9-15(18-4)13(16)10-12/h8-11,14,17H,5-7H2,1-4H3. The molecule has 1 N–H and O–H groups in total. The molecule has 102 valence electrons. The Morgan fingerprint density at radius 1 is 1.33 bits per heavy atom. The van der Waals surface area contributed by atoms with Crippen molar-refractivity contribution in [2.75, 3.05) is 14.2 Å². The molecule has 2 nitrogen and oxygen atoms in total. The lowest BCUT2D eigenvalue weighted by Gasteiger charge is -2.19. The smallest absolute Gasteiger partial charge is 0.133 e. The zero-order valence-electron chi connectivity index (χ0n) is 11.8. The van der Waals surface area contributed by atoms with Crippen LogP contribution in [0.15, 0.2) is 22.7 Å². The lowest BCUT2D eigenvalue weighted by molar-refractivity contribution is 0.393. The van der Waals surface area contributed by atoms with Gasteiger partial charge in [-0.2, -0.15) is 0 Å². The molecular formula is C15H24BrNO. The minimum atomic E-state index is 0.617. The Balaban J connectivity index is 2.46. The van der Waals surface area contributed by atoms with E-state index >= 15 is 0 Å². The highest BCUT2D eigenvalue weighted by molar-refractivity contribution is 9.10. The van der Waals surface area contributed by atoms with E-state index in [9.17, 15) is 0 Å². The number of nitrogens with one attached hydrogen (secondary N) is 1. The molecule has 0 saturated heterocycles. The fraction of sp³-hybridized carbons (Fsp3) is 0.600. The van der Waals surface area contributed by atoms with Gasteiger partial charge in [-0.25, -0.2) is 0 Å². The average Bonchev–Trinajstić information content (AvgIpc) is 2.34. The van der Waals surface area contributed by atoms with Gasteiger partial charge in [0.2, 0.25) is 0 Å². The van der Waals surface area contributed by atoms with Crippen LogP contribution in [0.25, 0.3) is 0 Å². The number of ether oxygens (including phenoxy) is 1. The fourth-order valence-electron chi connectivity index (χ4n) is 2.20. The van der Waals surface area contributed by atoms with E-state index in [4.69, 9.17) is 4.74 Å². The second-order valence-corrected chi connectivity index (χ2v) is 5.85. The summed E-state index contributed by atoms with van der Waals surface area (Å²) < 4.78 is 6.27. The normalized spacial score (nSPS) is 12.8. The van der Waals surface area contributed by atoms with Crippen molar-refractivity contribution in [3.8, 4) is 5.75 Å². The Bertz CT molecular complexity index is 366. The first-order valence-corrected chi connectivity index (χ1v) is 7.37. The first-order valence-electron chi connectivity index (χ1n) is 6.58. The number of aryl methyl sites for hydroxylation is 1. The molecule has 0 fully saturated rings. The number of methoxy groups -OCH3 is 1. The molecule has 0 heterocycles. The van der Waals surface area contributed by atoms with Gasteiger partial charge in [0.25, 0.3) is 0 Å². The predicted octanol–water partition coefficient (Wildman–Crippen LogP) is 4.02. The van der Waals surface area contributed by atoms with Gasteiger partial charge in [0.05, 0.1) is 11.6 Å². The van der Waals surface area contributed by atoms with Crippen molar-refractivity contribution in [3.05, 3.63) is 28.2 Å². The second kappa shape index (κ2) is 7.80. The highest BCUT2D eigenvalue weighted by atomic mass is 79.9. The molecule has 18 heavy (non-hydrogen) atoms. The van der Waals surface area contributed by atoms with Crippen LogP contribution in [0.1, 0.15) is 32.3 Å². The first kappa shape index (κ1) is 15.5. The Hall–Kier alpha value is -0.540. The molecule has 0 aliphatic heterocycles. The second-order valence-electron chi connectivity index (χ2n) is 5.00. The van der Waals surface area contributed by atoms with Crippen LogP contribution in [0, 0.1) is 5.92 Å². The van der Waals surface area contributed by atoms with Gasteiger partial charge in [-0.05, 0) is 65.9 Å². The molecule has 1 aromatic carbocycles. The van der Waals surface area contributed by atoms with Gasteiger partial charge in [-0.1, -0.05) is 19.9 Å². The molecule has 1 atom stereocenters. The van der Waals surface area contributed by atoms with Gasteiger partial charge >= 0.3 is 0 Å². The Morgan fingerprint density at radius 3 is 2.56 bits per heavy atom. The van der Waals surface area contributed by atoms with Crippen LogP contribution in [0.3, 0.4) is 0 Å². The summed E-state index contributed by atoms with van der Waals surface area (Å²) in [6, 6.07) is 6.94. The summed E-state index contributed by atoms with van der Waals surface area (Å²) in [5.74, 6) is 1.59. The van der Waals surface area contributed by atoms with Crippen molar-refractivity contribution in [1.82, 2.24) is 5.32 Å². The molecule has 0 aromatic heterocycles. The molecule has 1 unspecified atom stereocenters. The number of rotatable bonds is 7. The maximum absolute atomic E-state index is 5.23. The summed E-state index contributed by atoms with van der Waals surface area (Å²) >= 11 is 3.53. The van der Waals surface area contributed by atoms with Crippen molar-refractivity contribution in [2.45, 2.75) is 39.2 Å². The van der Waals surface area contributed by atoms with Gasteiger partial charge in [0, 0.05) is 6.04 Å². The van der Waals surface area contributed by atoms with Crippen LogP contribution >= 0.6 is 15.9 Å². The Morgan fingerprint density at radius 2 is 2.06 bits per heavy atom. The molecule has 0 aliphatic rings.